The molecule has 0 aromatic heterocycles. The topological polar surface area (TPSA) is 78.4 Å². The number of fused-ring (bicyclic) bond motifs is 1. The number of benzene rings is 1. The standard InChI is InChI=1S/C14H18N2O3/c1-9(17)16-13(14(18)19)8-10-4-5-12-11(7-10)3-2-6-15-12/h4-5,7,13,15H,2-3,6,8H2,1H3,(H,16,17)(H,18,19)/t13-/m0/s1. The molecule has 0 saturated heterocycles. The van der Waals surface area contributed by atoms with Gasteiger partial charge in [0.25, 0.3) is 0 Å². The summed E-state index contributed by atoms with van der Waals surface area (Å²) in [6.07, 6.45) is 2.40. The lowest BCUT2D eigenvalue weighted by Crippen LogP contribution is -2.41. The van der Waals surface area contributed by atoms with Gasteiger partial charge in [0.1, 0.15) is 6.04 Å². The van der Waals surface area contributed by atoms with E-state index < -0.39 is 12.0 Å². The van der Waals surface area contributed by atoms with E-state index in [0.29, 0.717) is 6.42 Å². The largest absolute Gasteiger partial charge is 0.480 e. The van der Waals surface area contributed by atoms with Crippen LogP contribution in [-0.2, 0) is 22.4 Å². The summed E-state index contributed by atoms with van der Waals surface area (Å²) in [5.41, 5.74) is 3.28. The van der Waals surface area contributed by atoms with Crippen LogP contribution in [0.5, 0.6) is 0 Å². The number of carboxylic acids is 1. The van der Waals surface area contributed by atoms with Crippen molar-refractivity contribution in [1.29, 1.82) is 0 Å². The van der Waals surface area contributed by atoms with Gasteiger partial charge < -0.3 is 15.7 Å². The molecule has 19 heavy (non-hydrogen) atoms. The number of amides is 1. The van der Waals surface area contributed by atoms with Crippen LogP contribution in [0.4, 0.5) is 5.69 Å². The summed E-state index contributed by atoms with van der Waals surface area (Å²) in [5, 5.41) is 14.9. The van der Waals surface area contributed by atoms with E-state index in [9.17, 15) is 9.59 Å². The second-order valence-electron chi connectivity index (χ2n) is 4.82. The zero-order valence-electron chi connectivity index (χ0n) is 10.9. The molecule has 1 aromatic carbocycles. The maximum absolute atomic E-state index is 11.1. The van der Waals surface area contributed by atoms with Gasteiger partial charge in [-0.1, -0.05) is 12.1 Å². The van der Waals surface area contributed by atoms with Crippen LogP contribution >= 0.6 is 0 Å². The first kappa shape index (κ1) is 13.4. The van der Waals surface area contributed by atoms with E-state index in [1.54, 1.807) is 0 Å². The number of nitrogens with one attached hydrogen (secondary N) is 2. The van der Waals surface area contributed by atoms with E-state index in [0.717, 1.165) is 30.6 Å². The third-order valence-electron chi connectivity index (χ3n) is 3.22. The number of carbonyl (C=O) groups is 2. The number of hydrogen-bond donors (Lipinski definition) is 3. The predicted molar refractivity (Wildman–Crippen MR) is 72.2 cm³/mol. The van der Waals surface area contributed by atoms with Crippen molar-refractivity contribution in [3.05, 3.63) is 29.3 Å². The van der Waals surface area contributed by atoms with Crippen LogP contribution in [0.3, 0.4) is 0 Å². The van der Waals surface area contributed by atoms with E-state index in [4.69, 9.17) is 5.11 Å². The first-order valence-corrected chi connectivity index (χ1v) is 6.42. The van der Waals surface area contributed by atoms with Crippen LogP contribution < -0.4 is 10.6 Å². The molecular weight excluding hydrogens is 244 g/mol. The molecule has 5 heteroatoms. The molecule has 102 valence electrons. The molecule has 2 rings (SSSR count). The molecule has 0 spiro atoms. The molecule has 1 amide bonds. The van der Waals surface area contributed by atoms with E-state index in [1.165, 1.54) is 12.5 Å². The fourth-order valence-electron chi connectivity index (χ4n) is 2.34. The Bertz CT molecular complexity index is 499. The van der Waals surface area contributed by atoms with Gasteiger partial charge in [-0.15, -0.1) is 0 Å². The highest BCUT2D eigenvalue weighted by atomic mass is 16.4. The molecule has 5 nitrogen and oxygen atoms in total. The highest BCUT2D eigenvalue weighted by molar-refractivity contribution is 5.82. The van der Waals surface area contributed by atoms with Crippen LogP contribution in [-0.4, -0.2) is 29.6 Å². The summed E-state index contributed by atoms with van der Waals surface area (Å²) in [5.74, 6) is -1.34. The molecule has 1 aliphatic heterocycles. The van der Waals surface area contributed by atoms with Gasteiger partial charge in [-0.2, -0.15) is 0 Å². The maximum atomic E-state index is 11.1. The first-order valence-electron chi connectivity index (χ1n) is 6.42. The van der Waals surface area contributed by atoms with Crippen molar-refractivity contribution in [2.24, 2.45) is 0 Å². The van der Waals surface area contributed by atoms with Gasteiger partial charge in [-0.25, -0.2) is 4.79 Å². The molecule has 0 radical (unpaired) electrons. The Labute approximate surface area is 112 Å². The zero-order chi connectivity index (χ0) is 13.8. The molecule has 0 aliphatic carbocycles. The van der Waals surface area contributed by atoms with Gasteiger partial charge in [0.05, 0.1) is 0 Å². The maximum Gasteiger partial charge on any atom is 0.326 e. The number of rotatable bonds is 4. The molecule has 1 aromatic rings. The minimum atomic E-state index is -1.01. The number of carboxylic acid groups (broad SMARTS) is 1. The van der Waals surface area contributed by atoms with E-state index in [-0.39, 0.29) is 5.91 Å². The average Bonchev–Trinajstić information content (AvgIpc) is 2.37. The van der Waals surface area contributed by atoms with Crippen LogP contribution in [0.1, 0.15) is 24.5 Å². The first-order chi connectivity index (χ1) is 9.06. The lowest BCUT2D eigenvalue weighted by molar-refractivity contribution is -0.141. The Morgan fingerprint density at radius 1 is 1.47 bits per heavy atom. The van der Waals surface area contributed by atoms with Gasteiger partial charge in [-0.05, 0) is 30.0 Å². The van der Waals surface area contributed by atoms with Crippen molar-refractivity contribution in [3.63, 3.8) is 0 Å². The summed E-state index contributed by atoms with van der Waals surface area (Å²) in [7, 11) is 0. The number of hydrogen-bond acceptors (Lipinski definition) is 3. The Hall–Kier alpha value is -2.04. The van der Waals surface area contributed by atoms with Gasteiger partial charge >= 0.3 is 5.97 Å². The number of carbonyl (C=O) groups excluding carboxylic acids is 1. The monoisotopic (exact) mass is 262 g/mol. The van der Waals surface area contributed by atoms with Crippen LogP contribution in [0, 0.1) is 0 Å². The van der Waals surface area contributed by atoms with Crippen LogP contribution in [0.15, 0.2) is 18.2 Å². The SMILES string of the molecule is CC(=O)N[C@@H](Cc1ccc2c(c1)CCCN2)C(=O)O. The third kappa shape index (κ3) is 3.47. The highest BCUT2D eigenvalue weighted by Crippen LogP contribution is 2.23. The summed E-state index contributed by atoms with van der Waals surface area (Å²) in [6, 6.07) is 5.05. The lowest BCUT2D eigenvalue weighted by Gasteiger charge is -2.20. The van der Waals surface area contributed by atoms with Crippen molar-refractivity contribution in [2.45, 2.75) is 32.2 Å². The fraction of sp³-hybridized carbons (Fsp3) is 0.429. The quantitative estimate of drug-likeness (QED) is 0.761. The summed E-state index contributed by atoms with van der Waals surface area (Å²) < 4.78 is 0. The second-order valence-corrected chi connectivity index (χ2v) is 4.82. The van der Waals surface area contributed by atoms with Crippen molar-refractivity contribution >= 4 is 17.6 Å². The lowest BCUT2D eigenvalue weighted by atomic mass is 9.97. The molecule has 0 saturated carbocycles. The molecule has 0 bridgehead atoms. The molecule has 1 atom stereocenters. The molecule has 3 N–H and O–H groups in total. The Kier molecular flexibility index (Phi) is 4.04. The zero-order valence-corrected chi connectivity index (χ0v) is 10.9. The summed E-state index contributed by atoms with van der Waals surface area (Å²) in [4.78, 5) is 22.1. The molecule has 0 fully saturated rings. The minimum Gasteiger partial charge on any atom is -0.480 e. The van der Waals surface area contributed by atoms with Crippen molar-refractivity contribution < 1.29 is 14.7 Å². The van der Waals surface area contributed by atoms with Crippen molar-refractivity contribution in [2.75, 3.05) is 11.9 Å². The summed E-state index contributed by atoms with van der Waals surface area (Å²) >= 11 is 0. The van der Waals surface area contributed by atoms with Crippen LogP contribution in [0.2, 0.25) is 0 Å². The van der Waals surface area contributed by atoms with Crippen LogP contribution in [0.25, 0.3) is 0 Å². The van der Waals surface area contributed by atoms with Gasteiger partial charge in [0.2, 0.25) is 5.91 Å². The molecule has 1 heterocycles. The predicted octanol–water partition coefficient (Wildman–Crippen LogP) is 1.18. The minimum absolute atomic E-state index is 0.308. The molecule has 0 unspecified atom stereocenters. The normalized spacial score (nSPS) is 15.0. The van der Waals surface area contributed by atoms with Gasteiger partial charge in [-0.3, -0.25) is 4.79 Å². The highest BCUT2D eigenvalue weighted by Gasteiger charge is 2.19. The van der Waals surface area contributed by atoms with Crippen molar-refractivity contribution in [3.8, 4) is 0 Å². The van der Waals surface area contributed by atoms with Crippen molar-refractivity contribution in [1.82, 2.24) is 5.32 Å². The fourth-order valence-corrected chi connectivity index (χ4v) is 2.34. The second kappa shape index (κ2) is 5.73. The number of aliphatic carboxylic acids is 1. The van der Waals surface area contributed by atoms with Gasteiger partial charge in [0, 0.05) is 25.6 Å². The van der Waals surface area contributed by atoms with E-state index >= 15 is 0 Å². The Morgan fingerprint density at radius 3 is 2.95 bits per heavy atom. The third-order valence-corrected chi connectivity index (χ3v) is 3.22. The number of aryl methyl sites for hydroxylation is 1. The molecular formula is C14H18N2O3. The smallest absolute Gasteiger partial charge is 0.326 e. The number of anilines is 1. The Balaban J connectivity index is 2.12. The Morgan fingerprint density at radius 2 is 2.26 bits per heavy atom. The van der Waals surface area contributed by atoms with E-state index in [1.807, 2.05) is 18.2 Å². The van der Waals surface area contributed by atoms with E-state index in [2.05, 4.69) is 10.6 Å². The molecule has 1 aliphatic rings. The van der Waals surface area contributed by atoms with Gasteiger partial charge in [0.15, 0.2) is 0 Å². The summed E-state index contributed by atoms with van der Waals surface area (Å²) in [6.45, 7) is 2.31. The average molecular weight is 262 g/mol.